The van der Waals surface area contributed by atoms with Crippen molar-refractivity contribution in [1.29, 1.82) is 0 Å². The molecule has 0 atom stereocenters. The monoisotopic (exact) mass is 391 g/mol. The first kappa shape index (κ1) is 17.6. The number of amides is 1. The molecule has 0 unspecified atom stereocenters. The molecule has 0 radical (unpaired) electrons. The van der Waals surface area contributed by atoms with Crippen LogP contribution < -0.4 is 11.2 Å². The van der Waals surface area contributed by atoms with Gasteiger partial charge in [-0.2, -0.15) is 0 Å². The number of hydrogen-bond donors (Lipinski definition) is 0. The van der Waals surface area contributed by atoms with Gasteiger partial charge in [-0.3, -0.25) is 14.2 Å². The molecule has 3 heterocycles. The molecule has 1 aromatic carbocycles. The third-order valence-electron chi connectivity index (χ3n) is 4.66. The van der Waals surface area contributed by atoms with Gasteiger partial charge in [0, 0.05) is 19.2 Å². The number of rotatable bonds is 3. The molecule has 1 saturated heterocycles. The first-order chi connectivity index (χ1) is 13.0. The van der Waals surface area contributed by atoms with Crippen LogP contribution in [0.1, 0.15) is 12.8 Å². The molecule has 2 aromatic heterocycles. The summed E-state index contributed by atoms with van der Waals surface area (Å²) >= 11 is 1.08. The smallest absolute Gasteiger partial charge is 0.336 e. The standard InChI is InChI=1S/C18H15F2N3O3S/c19-11-3-4-12(20)14(9-11)23-17(25)16-13(5-8-27-16)22(18(23)26)10-15(24)21-6-1-2-7-21/h3-5,8-9H,1-2,6-7,10H2. The third-order valence-corrected chi connectivity index (χ3v) is 5.55. The van der Waals surface area contributed by atoms with Gasteiger partial charge in [0.05, 0.1) is 11.2 Å². The van der Waals surface area contributed by atoms with Gasteiger partial charge >= 0.3 is 5.69 Å². The number of halogens is 2. The Kier molecular flexibility index (Phi) is 4.39. The van der Waals surface area contributed by atoms with Crippen molar-refractivity contribution in [2.24, 2.45) is 0 Å². The Labute approximate surface area is 155 Å². The van der Waals surface area contributed by atoms with Gasteiger partial charge in [-0.15, -0.1) is 11.3 Å². The fourth-order valence-electron chi connectivity index (χ4n) is 3.31. The zero-order valence-electron chi connectivity index (χ0n) is 14.2. The van der Waals surface area contributed by atoms with Gasteiger partial charge in [-0.1, -0.05) is 0 Å². The Balaban J connectivity index is 1.93. The first-order valence-electron chi connectivity index (χ1n) is 8.43. The van der Waals surface area contributed by atoms with E-state index in [1.807, 2.05) is 0 Å². The van der Waals surface area contributed by atoms with Crippen LogP contribution in [0.4, 0.5) is 8.78 Å². The lowest BCUT2D eigenvalue weighted by atomic mass is 10.3. The van der Waals surface area contributed by atoms with E-state index in [0.717, 1.165) is 46.9 Å². The zero-order valence-corrected chi connectivity index (χ0v) is 15.0. The van der Waals surface area contributed by atoms with E-state index in [4.69, 9.17) is 0 Å². The third kappa shape index (κ3) is 2.97. The van der Waals surface area contributed by atoms with Crippen LogP contribution in [0.2, 0.25) is 0 Å². The molecule has 1 aliphatic heterocycles. The predicted octanol–water partition coefficient (Wildman–Crippen LogP) is 2.11. The lowest BCUT2D eigenvalue weighted by Crippen LogP contribution is -2.42. The second-order valence-electron chi connectivity index (χ2n) is 6.33. The highest BCUT2D eigenvalue weighted by atomic mass is 32.1. The fraction of sp³-hybridized carbons (Fsp3) is 0.278. The number of nitrogens with zero attached hydrogens (tertiary/aromatic N) is 3. The molecule has 4 rings (SSSR count). The van der Waals surface area contributed by atoms with E-state index in [1.165, 1.54) is 0 Å². The second-order valence-corrected chi connectivity index (χ2v) is 7.24. The molecule has 1 aliphatic rings. The number of likely N-dealkylation sites (tertiary alicyclic amines) is 1. The van der Waals surface area contributed by atoms with Crippen LogP contribution in [0.25, 0.3) is 15.9 Å². The normalized spacial score (nSPS) is 14.2. The molecule has 1 amide bonds. The van der Waals surface area contributed by atoms with Crippen LogP contribution in [0.5, 0.6) is 0 Å². The van der Waals surface area contributed by atoms with E-state index in [0.29, 0.717) is 23.2 Å². The van der Waals surface area contributed by atoms with Crippen LogP contribution in [0, 0.1) is 11.6 Å². The van der Waals surface area contributed by atoms with Crippen molar-refractivity contribution in [1.82, 2.24) is 14.0 Å². The summed E-state index contributed by atoms with van der Waals surface area (Å²) < 4.78 is 29.8. The summed E-state index contributed by atoms with van der Waals surface area (Å²) in [4.78, 5) is 39.9. The zero-order chi connectivity index (χ0) is 19.1. The van der Waals surface area contributed by atoms with E-state index in [9.17, 15) is 23.2 Å². The summed E-state index contributed by atoms with van der Waals surface area (Å²) in [6, 6.07) is 4.13. The Morgan fingerprint density at radius 2 is 1.85 bits per heavy atom. The van der Waals surface area contributed by atoms with Gasteiger partial charge in [-0.25, -0.2) is 18.1 Å². The summed E-state index contributed by atoms with van der Waals surface area (Å²) in [7, 11) is 0. The van der Waals surface area contributed by atoms with Gasteiger partial charge < -0.3 is 4.90 Å². The van der Waals surface area contributed by atoms with Gasteiger partial charge in [-0.05, 0) is 36.4 Å². The minimum Gasteiger partial charge on any atom is -0.341 e. The van der Waals surface area contributed by atoms with E-state index in [2.05, 4.69) is 0 Å². The fourth-order valence-corrected chi connectivity index (χ4v) is 4.14. The minimum atomic E-state index is -0.899. The van der Waals surface area contributed by atoms with Gasteiger partial charge in [0.25, 0.3) is 5.56 Å². The van der Waals surface area contributed by atoms with Crippen molar-refractivity contribution >= 4 is 27.5 Å². The summed E-state index contributed by atoms with van der Waals surface area (Å²) in [5.74, 6) is -1.92. The number of hydrogen-bond acceptors (Lipinski definition) is 4. The molecule has 0 bridgehead atoms. The molecule has 3 aromatic rings. The minimum absolute atomic E-state index is 0.201. The van der Waals surface area contributed by atoms with Crippen molar-refractivity contribution < 1.29 is 13.6 Å². The highest BCUT2D eigenvalue weighted by Crippen LogP contribution is 2.18. The Hall–Kier alpha value is -2.81. The molecular weight excluding hydrogens is 376 g/mol. The largest absolute Gasteiger partial charge is 0.341 e. The van der Waals surface area contributed by atoms with Crippen LogP contribution in [0.3, 0.4) is 0 Å². The predicted molar refractivity (Wildman–Crippen MR) is 97.4 cm³/mol. The molecular formula is C18H15F2N3O3S. The van der Waals surface area contributed by atoms with Crippen LogP contribution >= 0.6 is 11.3 Å². The number of benzene rings is 1. The van der Waals surface area contributed by atoms with Gasteiger partial charge in [0.15, 0.2) is 0 Å². The van der Waals surface area contributed by atoms with Crippen molar-refractivity contribution in [3.05, 3.63) is 62.1 Å². The van der Waals surface area contributed by atoms with E-state index in [1.54, 1.807) is 16.3 Å². The van der Waals surface area contributed by atoms with Crippen molar-refractivity contribution in [2.45, 2.75) is 19.4 Å². The summed E-state index contributed by atoms with van der Waals surface area (Å²) in [6.07, 6.45) is 1.81. The van der Waals surface area contributed by atoms with Crippen LogP contribution in [0.15, 0.2) is 39.2 Å². The molecule has 0 aliphatic carbocycles. The summed E-state index contributed by atoms with van der Waals surface area (Å²) in [5.41, 5.74) is -1.76. The quantitative estimate of drug-likeness (QED) is 0.687. The maximum atomic E-state index is 14.2. The van der Waals surface area contributed by atoms with Gasteiger partial charge in [0.2, 0.25) is 5.91 Å². The summed E-state index contributed by atoms with van der Waals surface area (Å²) in [5, 5.41) is 1.62. The molecule has 9 heteroatoms. The second kappa shape index (κ2) is 6.73. The molecule has 0 spiro atoms. The van der Waals surface area contributed by atoms with Crippen molar-refractivity contribution in [2.75, 3.05) is 13.1 Å². The lowest BCUT2D eigenvalue weighted by molar-refractivity contribution is -0.130. The maximum absolute atomic E-state index is 14.2. The average molecular weight is 391 g/mol. The topological polar surface area (TPSA) is 64.3 Å². The molecule has 6 nitrogen and oxygen atoms in total. The van der Waals surface area contributed by atoms with E-state index in [-0.39, 0.29) is 17.2 Å². The SMILES string of the molecule is O=C(Cn1c(=O)n(-c2cc(F)ccc2F)c(=O)c2sccc21)N1CCCC1. The summed E-state index contributed by atoms with van der Waals surface area (Å²) in [6.45, 7) is 0.986. The highest BCUT2D eigenvalue weighted by Gasteiger charge is 2.23. The average Bonchev–Trinajstić information content (AvgIpc) is 3.33. The van der Waals surface area contributed by atoms with Crippen molar-refractivity contribution in [3.63, 3.8) is 0 Å². The Bertz CT molecular complexity index is 1160. The Morgan fingerprint density at radius 1 is 1.11 bits per heavy atom. The highest BCUT2D eigenvalue weighted by molar-refractivity contribution is 7.17. The van der Waals surface area contributed by atoms with E-state index < -0.39 is 28.6 Å². The van der Waals surface area contributed by atoms with Crippen molar-refractivity contribution in [3.8, 4) is 5.69 Å². The maximum Gasteiger partial charge on any atom is 0.336 e. The number of aromatic nitrogens is 2. The molecule has 140 valence electrons. The van der Waals surface area contributed by atoms with Crippen LogP contribution in [-0.4, -0.2) is 33.0 Å². The molecule has 27 heavy (non-hydrogen) atoms. The molecule has 0 saturated carbocycles. The lowest BCUT2D eigenvalue weighted by Gasteiger charge is -2.17. The molecule has 0 N–H and O–H groups in total. The van der Waals surface area contributed by atoms with E-state index >= 15 is 0 Å². The molecule has 1 fully saturated rings. The first-order valence-corrected chi connectivity index (χ1v) is 9.31. The number of carbonyl (C=O) groups excluding carboxylic acids is 1. The number of carbonyl (C=O) groups is 1. The number of thiophene rings is 1. The number of fused-ring (bicyclic) bond motifs is 1. The van der Waals surface area contributed by atoms with Gasteiger partial charge in [0.1, 0.15) is 22.9 Å². The van der Waals surface area contributed by atoms with Crippen LogP contribution in [-0.2, 0) is 11.3 Å². The Morgan fingerprint density at radius 3 is 2.59 bits per heavy atom.